The summed E-state index contributed by atoms with van der Waals surface area (Å²) in [6, 6.07) is 8.36. The van der Waals surface area contributed by atoms with Crippen molar-refractivity contribution in [3.05, 3.63) is 35.4 Å². The summed E-state index contributed by atoms with van der Waals surface area (Å²) in [7, 11) is 0. The Morgan fingerprint density at radius 1 is 1.35 bits per heavy atom. The second-order valence-corrected chi connectivity index (χ2v) is 6.18. The highest BCUT2D eigenvalue weighted by atomic mass is 32.2. The predicted octanol–water partition coefficient (Wildman–Crippen LogP) is 3.82. The zero-order chi connectivity index (χ0) is 12.1. The number of benzene rings is 1. The van der Waals surface area contributed by atoms with Gasteiger partial charge in [-0.05, 0) is 54.2 Å². The number of aliphatic hydroxyl groups excluding tert-OH is 1. The van der Waals surface area contributed by atoms with E-state index in [1.54, 1.807) is 0 Å². The molecule has 0 aliphatic heterocycles. The van der Waals surface area contributed by atoms with E-state index in [9.17, 15) is 5.11 Å². The third kappa shape index (κ3) is 3.26. The predicted molar refractivity (Wildman–Crippen MR) is 75.4 cm³/mol. The van der Waals surface area contributed by atoms with Crippen molar-refractivity contribution in [1.29, 1.82) is 0 Å². The van der Waals surface area contributed by atoms with E-state index in [0.717, 1.165) is 12.8 Å². The molecule has 0 aromatic heterocycles. The van der Waals surface area contributed by atoms with Crippen LogP contribution >= 0.6 is 11.8 Å². The first-order valence-electron chi connectivity index (χ1n) is 6.66. The lowest BCUT2D eigenvalue weighted by atomic mass is 9.79. The number of rotatable bonds is 5. The fraction of sp³-hybridized carbons (Fsp3) is 0.600. The fourth-order valence-corrected chi connectivity index (χ4v) is 3.36. The van der Waals surface area contributed by atoms with E-state index in [0.29, 0.717) is 5.92 Å². The third-order valence-corrected chi connectivity index (χ3v) is 4.66. The molecule has 0 bridgehead atoms. The summed E-state index contributed by atoms with van der Waals surface area (Å²) >= 11 is 2.00. The minimum Gasteiger partial charge on any atom is -0.388 e. The summed E-state index contributed by atoms with van der Waals surface area (Å²) in [4.78, 5) is 0. The summed E-state index contributed by atoms with van der Waals surface area (Å²) in [5.74, 6) is 2.92. The van der Waals surface area contributed by atoms with E-state index in [-0.39, 0.29) is 6.10 Å². The molecule has 2 atom stereocenters. The summed E-state index contributed by atoms with van der Waals surface area (Å²) < 4.78 is 0. The quantitative estimate of drug-likeness (QED) is 0.802. The van der Waals surface area contributed by atoms with Gasteiger partial charge in [-0.2, -0.15) is 11.8 Å². The monoisotopic (exact) mass is 250 g/mol. The molecule has 0 fully saturated rings. The van der Waals surface area contributed by atoms with Gasteiger partial charge < -0.3 is 5.11 Å². The Morgan fingerprint density at radius 3 is 3.00 bits per heavy atom. The molecule has 2 heteroatoms. The summed E-state index contributed by atoms with van der Waals surface area (Å²) in [5.41, 5.74) is 2.52. The van der Waals surface area contributed by atoms with Gasteiger partial charge in [0, 0.05) is 0 Å². The van der Waals surface area contributed by atoms with Crippen molar-refractivity contribution in [1.82, 2.24) is 0 Å². The number of thioether (sulfide) groups is 1. The molecule has 0 spiro atoms. The molecule has 0 heterocycles. The number of aryl methyl sites for hydroxylation is 1. The molecule has 94 valence electrons. The van der Waals surface area contributed by atoms with Crippen molar-refractivity contribution < 1.29 is 5.11 Å². The molecule has 0 saturated carbocycles. The van der Waals surface area contributed by atoms with E-state index in [4.69, 9.17) is 0 Å². The van der Waals surface area contributed by atoms with Crippen LogP contribution in [0.15, 0.2) is 24.3 Å². The topological polar surface area (TPSA) is 20.2 Å². The van der Waals surface area contributed by atoms with Crippen LogP contribution in [0.5, 0.6) is 0 Å². The highest BCUT2D eigenvalue weighted by Crippen LogP contribution is 2.36. The molecule has 0 amide bonds. The van der Waals surface area contributed by atoms with Crippen LogP contribution in [-0.4, -0.2) is 16.6 Å². The molecule has 1 nitrogen and oxygen atoms in total. The molecule has 0 radical (unpaired) electrons. The van der Waals surface area contributed by atoms with Gasteiger partial charge in [0.1, 0.15) is 0 Å². The highest BCUT2D eigenvalue weighted by molar-refractivity contribution is 7.99. The van der Waals surface area contributed by atoms with Crippen LogP contribution in [-0.2, 0) is 6.42 Å². The molecule has 17 heavy (non-hydrogen) atoms. The Hall–Kier alpha value is -0.470. The number of fused-ring (bicyclic) bond motifs is 1. The van der Waals surface area contributed by atoms with Crippen molar-refractivity contribution in [3.8, 4) is 0 Å². The Labute approximate surface area is 109 Å². The highest BCUT2D eigenvalue weighted by Gasteiger charge is 2.26. The largest absolute Gasteiger partial charge is 0.388 e. The van der Waals surface area contributed by atoms with Gasteiger partial charge in [-0.1, -0.05) is 31.2 Å². The van der Waals surface area contributed by atoms with Crippen molar-refractivity contribution in [2.24, 2.45) is 5.92 Å². The average Bonchev–Trinajstić information content (AvgIpc) is 2.37. The average molecular weight is 250 g/mol. The van der Waals surface area contributed by atoms with Gasteiger partial charge in [-0.15, -0.1) is 0 Å². The van der Waals surface area contributed by atoms with E-state index in [2.05, 4.69) is 25.1 Å². The Bertz CT molecular complexity index is 351. The zero-order valence-corrected chi connectivity index (χ0v) is 11.4. The summed E-state index contributed by atoms with van der Waals surface area (Å²) in [6.45, 7) is 2.20. The SMILES string of the molecule is CCSCCCC1CCc2ccccc2C1O. The standard InChI is InChI=1S/C15H22OS/c1-2-17-11-5-7-13-10-9-12-6-3-4-8-14(12)15(13)16/h3-4,6,8,13,15-16H,2,5,7,9-11H2,1H3. The molecular formula is C15H22OS. The molecule has 1 aromatic rings. The summed E-state index contributed by atoms with van der Waals surface area (Å²) in [6.07, 6.45) is 4.46. The number of hydrogen-bond acceptors (Lipinski definition) is 2. The lowest BCUT2D eigenvalue weighted by Gasteiger charge is -2.30. The lowest BCUT2D eigenvalue weighted by Crippen LogP contribution is -2.20. The molecule has 1 aliphatic rings. The first-order chi connectivity index (χ1) is 8.33. The van der Waals surface area contributed by atoms with Crippen LogP contribution in [0, 0.1) is 5.92 Å². The smallest absolute Gasteiger partial charge is 0.0820 e. The number of hydrogen-bond donors (Lipinski definition) is 1. The second-order valence-electron chi connectivity index (χ2n) is 4.78. The Balaban J connectivity index is 1.90. The van der Waals surface area contributed by atoms with Crippen LogP contribution in [0.4, 0.5) is 0 Å². The van der Waals surface area contributed by atoms with Gasteiger partial charge in [0.25, 0.3) is 0 Å². The van der Waals surface area contributed by atoms with Gasteiger partial charge >= 0.3 is 0 Å². The van der Waals surface area contributed by atoms with Crippen molar-refractivity contribution in [2.75, 3.05) is 11.5 Å². The molecule has 0 saturated heterocycles. The van der Waals surface area contributed by atoms with Gasteiger partial charge in [-0.25, -0.2) is 0 Å². The zero-order valence-electron chi connectivity index (χ0n) is 10.6. The van der Waals surface area contributed by atoms with Crippen molar-refractivity contribution in [3.63, 3.8) is 0 Å². The maximum absolute atomic E-state index is 10.4. The first-order valence-corrected chi connectivity index (χ1v) is 7.82. The molecule has 2 rings (SSSR count). The molecule has 1 N–H and O–H groups in total. The van der Waals surface area contributed by atoms with Crippen molar-refractivity contribution >= 4 is 11.8 Å². The molecule has 2 unspecified atom stereocenters. The van der Waals surface area contributed by atoms with E-state index < -0.39 is 0 Å². The van der Waals surface area contributed by atoms with E-state index in [1.807, 2.05) is 17.8 Å². The van der Waals surface area contributed by atoms with Gasteiger partial charge in [-0.3, -0.25) is 0 Å². The van der Waals surface area contributed by atoms with Crippen molar-refractivity contribution in [2.45, 2.75) is 38.7 Å². The normalized spacial score (nSPS) is 23.4. The molecule has 1 aliphatic carbocycles. The van der Waals surface area contributed by atoms with Gasteiger partial charge in [0.05, 0.1) is 6.10 Å². The lowest BCUT2D eigenvalue weighted by molar-refractivity contribution is 0.0883. The molecule has 1 aromatic carbocycles. The third-order valence-electron chi connectivity index (χ3n) is 3.67. The second kappa shape index (κ2) is 6.46. The van der Waals surface area contributed by atoms with Crippen LogP contribution < -0.4 is 0 Å². The van der Waals surface area contributed by atoms with E-state index >= 15 is 0 Å². The summed E-state index contributed by atoms with van der Waals surface area (Å²) in [5, 5.41) is 10.4. The maximum Gasteiger partial charge on any atom is 0.0820 e. The Morgan fingerprint density at radius 2 is 2.18 bits per heavy atom. The van der Waals surface area contributed by atoms with Gasteiger partial charge in [0.15, 0.2) is 0 Å². The maximum atomic E-state index is 10.4. The minimum absolute atomic E-state index is 0.230. The Kier molecular flexibility index (Phi) is 4.93. The minimum atomic E-state index is -0.230. The number of aliphatic hydroxyl groups is 1. The fourth-order valence-electron chi connectivity index (χ4n) is 2.70. The molecular weight excluding hydrogens is 228 g/mol. The van der Waals surface area contributed by atoms with Crippen LogP contribution in [0.25, 0.3) is 0 Å². The van der Waals surface area contributed by atoms with E-state index in [1.165, 1.54) is 35.5 Å². The van der Waals surface area contributed by atoms with Crippen LogP contribution in [0.1, 0.15) is 43.4 Å². The first kappa shape index (κ1) is 13.0. The van der Waals surface area contributed by atoms with Gasteiger partial charge in [0.2, 0.25) is 0 Å². The van der Waals surface area contributed by atoms with Crippen LogP contribution in [0.3, 0.4) is 0 Å². The van der Waals surface area contributed by atoms with Crippen LogP contribution in [0.2, 0.25) is 0 Å².